The van der Waals surface area contributed by atoms with Crippen molar-refractivity contribution in [2.45, 2.75) is 39.7 Å². The van der Waals surface area contributed by atoms with Crippen LogP contribution in [0.15, 0.2) is 5.51 Å². The van der Waals surface area contributed by atoms with Gasteiger partial charge in [0.2, 0.25) is 0 Å². The number of hydrogen-bond donors (Lipinski definition) is 1. The Labute approximate surface area is 102 Å². The fourth-order valence-corrected chi connectivity index (χ4v) is 2.22. The highest BCUT2D eigenvalue weighted by atomic mass is 32.1. The molecule has 0 saturated heterocycles. The van der Waals surface area contributed by atoms with E-state index in [0.717, 1.165) is 31.8 Å². The van der Waals surface area contributed by atoms with Crippen molar-refractivity contribution in [3.05, 3.63) is 16.1 Å². The molecule has 4 heteroatoms. The maximum atomic E-state index is 5.73. The third-order valence-electron chi connectivity index (χ3n) is 2.43. The summed E-state index contributed by atoms with van der Waals surface area (Å²) < 4.78 is 5.73. The van der Waals surface area contributed by atoms with Crippen molar-refractivity contribution in [1.29, 1.82) is 0 Å². The van der Waals surface area contributed by atoms with Crippen LogP contribution in [-0.2, 0) is 11.2 Å². The molecule has 1 aromatic heterocycles. The van der Waals surface area contributed by atoms with E-state index in [1.807, 2.05) is 5.51 Å². The molecule has 92 valence electrons. The van der Waals surface area contributed by atoms with E-state index in [-0.39, 0.29) is 0 Å². The molecule has 1 aromatic rings. The predicted molar refractivity (Wildman–Crippen MR) is 69.1 cm³/mol. The van der Waals surface area contributed by atoms with Gasteiger partial charge in [-0.05, 0) is 26.8 Å². The van der Waals surface area contributed by atoms with Gasteiger partial charge in [0, 0.05) is 17.8 Å². The van der Waals surface area contributed by atoms with Gasteiger partial charge in [-0.15, -0.1) is 11.3 Å². The fourth-order valence-electron chi connectivity index (χ4n) is 1.46. The molecular formula is C12H22N2OS. The standard InChI is InChI=1S/C12H22N2OS/c1-4-6-13-8-10(2)15-7-5-12-11(3)14-9-16-12/h9-10,13H,4-8H2,1-3H3. The summed E-state index contributed by atoms with van der Waals surface area (Å²) in [6, 6.07) is 0. The highest BCUT2D eigenvalue weighted by molar-refractivity contribution is 7.09. The summed E-state index contributed by atoms with van der Waals surface area (Å²) in [5.74, 6) is 0. The molecule has 0 aliphatic heterocycles. The smallest absolute Gasteiger partial charge is 0.0797 e. The third kappa shape index (κ3) is 5.05. The lowest BCUT2D eigenvalue weighted by molar-refractivity contribution is 0.0686. The second-order valence-electron chi connectivity index (χ2n) is 4.00. The van der Waals surface area contributed by atoms with Crippen LogP contribution in [0.3, 0.4) is 0 Å². The normalized spacial score (nSPS) is 12.9. The van der Waals surface area contributed by atoms with Crippen LogP contribution < -0.4 is 5.32 Å². The minimum atomic E-state index is 0.291. The van der Waals surface area contributed by atoms with Crippen LogP contribution in [0.25, 0.3) is 0 Å². The maximum Gasteiger partial charge on any atom is 0.0797 e. The summed E-state index contributed by atoms with van der Waals surface area (Å²) in [5.41, 5.74) is 3.04. The number of nitrogens with zero attached hydrogens (tertiary/aromatic N) is 1. The van der Waals surface area contributed by atoms with E-state index < -0.39 is 0 Å². The minimum absolute atomic E-state index is 0.291. The van der Waals surface area contributed by atoms with E-state index in [4.69, 9.17) is 4.74 Å². The Morgan fingerprint density at radius 2 is 2.38 bits per heavy atom. The van der Waals surface area contributed by atoms with Gasteiger partial charge in [0.25, 0.3) is 0 Å². The van der Waals surface area contributed by atoms with Crippen molar-refractivity contribution in [3.63, 3.8) is 0 Å². The molecule has 0 spiro atoms. The van der Waals surface area contributed by atoms with Crippen LogP contribution in [0.4, 0.5) is 0 Å². The quantitative estimate of drug-likeness (QED) is 0.711. The van der Waals surface area contributed by atoms with Crippen LogP contribution >= 0.6 is 11.3 Å². The van der Waals surface area contributed by atoms with Gasteiger partial charge in [-0.25, -0.2) is 4.98 Å². The van der Waals surface area contributed by atoms with Crippen LogP contribution in [0.2, 0.25) is 0 Å². The zero-order chi connectivity index (χ0) is 11.8. The van der Waals surface area contributed by atoms with Gasteiger partial charge in [0.15, 0.2) is 0 Å². The molecule has 0 amide bonds. The minimum Gasteiger partial charge on any atom is -0.377 e. The van der Waals surface area contributed by atoms with E-state index in [2.05, 4.69) is 31.1 Å². The van der Waals surface area contributed by atoms with Crippen molar-refractivity contribution in [1.82, 2.24) is 10.3 Å². The Morgan fingerprint density at radius 3 is 3.00 bits per heavy atom. The Morgan fingerprint density at radius 1 is 1.56 bits per heavy atom. The largest absolute Gasteiger partial charge is 0.377 e. The highest BCUT2D eigenvalue weighted by Crippen LogP contribution is 2.12. The Hall–Kier alpha value is -0.450. The first-order valence-electron chi connectivity index (χ1n) is 5.95. The lowest BCUT2D eigenvalue weighted by Gasteiger charge is -2.13. The molecule has 1 unspecified atom stereocenters. The number of aromatic nitrogens is 1. The molecule has 0 aliphatic carbocycles. The van der Waals surface area contributed by atoms with E-state index in [0.29, 0.717) is 6.10 Å². The Bertz CT molecular complexity index is 288. The van der Waals surface area contributed by atoms with Gasteiger partial charge in [0.05, 0.1) is 23.9 Å². The van der Waals surface area contributed by atoms with Crippen molar-refractivity contribution in [2.24, 2.45) is 0 Å². The van der Waals surface area contributed by atoms with Crippen molar-refractivity contribution >= 4 is 11.3 Å². The summed E-state index contributed by atoms with van der Waals surface area (Å²) >= 11 is 1.72. The second kappa shape index (κ2) is 7.76. The first kappa shape index (κ1) is 13.6. The van der Waals surface area contributed by atoms with Gasteiger partial charge in [-0.1, -0.05) is 6.92 Å². The first-order valence-corrected chi connectivity index (χ1v) is 6.83. The first-order chi connectivity index (χ1) is 7.74. The van der Waals surface area contributed by atoms with E-state index in [1.54, 1.807) is 11.3 Å². The molecule has 16 heavy (non-hydrogen) atoms. The average molecular weight is 242 g/mol. The molecule has 0 saturated carbocycles. The van der Waals surface area contributed by atoms with Crippen LogP contribution in [0.1, 0.15) is 30.8 Å². The molecule has 0 fully saturated rings. The van der Waals surface area contributed by atoms with Crippen molar-refractivity contribution in [2.75, 3.05) is 19.7 Å². The molecule has 1 heterocycles. The lowest BCUT2D eigenvalue weighted by Crippen LogP contribution is -2.27. The zero-order valence-electron chi connectivity index (χ0n) is 10.5. The summed E-state index contributed by atoms with van der Waals surface area (Å²) in [6.45, 7) is 9.14. The zero-order valence-corrected chi connectivity index (χ0v) is 11.3. The number of aryl methyl sites for hydroxylation is 1. The van der Waals surface area contributed by atoms with Gasteiger partial charge < -0.3 is 10.1 Å². The van der Waals surface area contributed by atoms with Crippen LogP contribution in [0.5, 0.6) is 0 Å². The van der Waals surface area contributed by atoms with E-state index in [1.165, 1.54) is 11.3 Å². The molecule has 0 radical (unpaired) electrons. The summed E-state index contributed by atoms with van der Waals surface area (Å²) in [5, 5.41) is 3.36. The monoisotopic (exact) mass is 242 g/mol. The van der Waals surface area contributed by atoms with E-state index >= 15 is 0 Å². The molecule has 0 bridgehead atoms. The van der Waals surface area contributed by atoms with Crippen molar-refractivity contribution < 1.29 is 4.74 Å². The molecule has 1 rings (SSSR count). The molecule has 1 atom stereocenters. The molecular weight excluding hydrogens is 220 g/mol. The second-order valence-corrected chi connectivity index (χ2v) is 4.94. The SMILES string of the molecule is CCCNCC(C)OCCc1scnc1C. The average Bonchev–Trinajstić information content (AvgIpc) is 2.65. The number of thiazole rings is 1. The molecule has 0 aliphatic rings. The third-order valence-corrected chi connectivity index (χ3v) is 3.43. The number of nitrogens with one attached hydrogen (secondary N) is 1. The molecule has 3 nitrogen and oxygen atoms in total. The number of rotatable bonds is 8. The maximum absolute atomic E-state index is 5.73. The van der Waals surface area contributed by atoms with Crippen LogP contribution in [0, 0.1) is 6.92 Å². The summed E-state index contributed by atoms with van der Waals surface area (Å²) in [4.78, 5) is 5.57. The van der Waals surface area contributed by atoms with Crippen molar-refractivity contribution in [3.8, 4) is 0 Å². The fraction of sp³-hybridized carbons (Fsp3) is 0.750. The van der Waals surface area contributed by atoms with Gasteiger partial charge in [-0.3, -0.25) is 0 Å². The lowest BCUT2D eigenvalue weighted by atomic mass is 10.3. The van der Waals surface area contributed by atoms with Gasteiger partial charge >= 0.3 is 0 Å². The Balaban J connectivity index is 2.08. The summed E-state index contributed by atoms with van der Waals surface area (Å²) in [7, 11) is 0. The topological polar surface area (TPSA) is 34.1 Å². The van der Waals surface area contributed by atoms with Gasteiger partial charge in [0.1, 0.15) is 0 Å². The predicted octanol–water partition coefficient (Wildman–Crippen LogP) is 2.40. The number of hydrogen-bond acceptors (Lipinski definition) is 4. The summed E-state index contributed by atoms with van der Waals surface area (Å²) in [6.07, 6.45) is 2.45. The van der Waals surface area contributed by atoms with Crippen LogP contribution in [-0.4, -0.2) is 30.8 Å². The highest BCUT2D eigenvalue weighted by Gasteiger charge is 2.04. The molecule has 1 N–H and O–H groups in total. The van der Waals surface area contributed by atoms with Gasteiger partial charge in [-0.2, -0.15) is 0 Å². The molecule has 0 aromatic carbocycles. The Kier molecular flexibility index (Phi) is 6.61. The van der Waals surface area contributed by atoms with E-state index in [9.17, 15) is 0 Å². The number of ether oxygens (including phenoxy) is 1.